The number of anilines is 1. The lowest BCUT2D eigenvalue weighted by molar-refractivity contribution is -0.145. The Hall–Kier alpha value is -1.33. The molecule has 0 bridgehead atoms. The van der Waals surface area contributed by atoms with E-state index in [4.69, 9.17) is 23.2 Å². The Morgan fingerprint density at radius 2 is 2.00 bits per heavy atom. The Balaban J connectivity index is 2.33. The summed E-state index contributed by atoms with van der Waals surface area (Å²) < 4.78 is 17.7. The molecule has 0 radical (unpaired) electrons. The highest BCUT2D eigenvalue weighted by Gasteiger charge is 2.37. The molecule has 1 saturated heterocycles. The highest BCUT2D eigenvalue weighted by molar-refractivity contribution is 6.40. The zero-order chi connectivity index (χ0) is 14.2. The number of hydrogen-bond acceptors (Lipinski definition) is 3. The van der Waals surface area contributed by atoms with E-state index in [1.165, 1.54) is 12.0 Å². The Kier molecular flexibility index (Phi) is 3.96. The second-order valence-corrected chi connectivity index (χ2v) is 4.96. The first-order valence-electron chi connectivity index (χ1n) is 5.46. The van der Waals surface area contributed by atoms with Crippen molar-refractivity contribution in [2.45, 2.75) is 6.42 Å². The van der Waals surface area contributed by atoms with Gasteiger partial charge in [0.2, 0.25) is 5.91 Å². The molecule has 1 aliphatic rings. The summed E-state index contributed by atoms with van der Waals surface area (Å²) in [6.45, 7) is 0.122. The van der Waals surface area contributed by atoms with Crippen molar-refractivity contribution in [1.29, 1.82) is 0 Å². The van der Waals surface area contributed by atoms with Gasteiger partial charge in [-0.25, -0.2) is 4.39 Å². The van der Waals surface area contributed by atoms with Crippen LogP contribution in [0.3, 0.4) is 0 Å². The van der Waals surface area contributed by atoms with E-state index in [-0.39, 0.29) is 34.6 Å². The van der Waals surface area contributed by atoms with E-state index in [0.717, 1.165) is 12.1 Å². The monoisotopic (exact) mass is 305 g/mol. The SMILES string of the molecule is COC(=O)C1CC(=O)N(c2c(Cl)cc(F)cc2Cl)C1. The number of methoxy groups -OCH3 is 1. The fourth-order valence-corrected chi connectivity index (χ4v) is 2.71. The number of esters is 1. The molecule has 0 spiro atoms. The highest BCUT2D eigenvalue weighted by atomic mass is 35.5. The molecule has 1 heterocycles. The number of carbonyl (C=O) groups is 2. The third-order valence-electron chi connectivity index (χ3n) is 2.91. The number of benzene rings is 1. The zero-order valence-electron chi connectivity index (χ0n) is 9.95. The van der Waals surface area contributed by atoms with Gasteiger partial charge in [-0.05, 0) is 12.1 Å². The van der Waals surface area contributed by atoms with Crippen LogP contribution in [-0.2, 0) is 14.3 Å². The van der Waals surface area contributed by atoms with Gasteiger partial charge in [-0.3, -0.25) is 9.59 Å². The lowest BCUT2D eigenvalue weighted by Crippen LogP contribution is -2.26. The zero-order valence-corrected chi connectivity index (χ0v) is 11.5. The van der Waals surface area contributed by atoms with Crippen molar-refractivity contribution < 1.29 is 18.7 Å². The van der Waals surface area contributed by atoms with Gasteiger partial charge >= 0.3 is 5.97 Å². The molecule has 0 N–H and O–H groups in total. The molecule has 4 nitrogen and oxygen atoms in total. The van der Waals surface area contributed by atoms with Crippen LogP contribution < -0.4 is 4.90 Å². The van der Waals surface area contributed by atoms with Crippen LogP contribution in [0.2, 0.25) is 10.0 Å². The smallest absolute Gasteiger partial charge is 0.311 e. The van der Waals surface area contributed by atoms with Crippen LogP contribution in [0.15, 0.2) is 12.1 Å². The van der Waals surface area contributed by atoms with Crippen molar-refractivity contribution in [3.8, 4) is 0 Å². The summed E-state index contributed by atoms with van der Waals surface area (Å²) in [5, 5.41) is 0.0627. The van der Waals surface area contributed by atoms with E-state index in [1.807, 2.05) is 0 Å². The number of ether oxygens (including phenoxy) is 1. The fraction of sp³-hybridized carbons (Fsp3) is 0.333. The predicted molar refractivity (Wildman–Crippen MR) is 68.9 cm³/mol. The minimum Gasteiger partial charge on any atom is -0.469 e. The predicted octanol–water partition coefficient (Wildman–Crippen LogP) is 2.66. The van der Waals surface area contributed by atoms with Gasteiger partial charge < -0.3 is 9.64 Å². The standard InChI is InChI=1S/C12H10Cl2FNO3/c1-19-12(18)6-2-10(17)16(5-6)11-8(13)3-7(15)4-9(11)14/h3-4,6H,2,5H2,1H3. The van der Waals surface area contributed by atoms with Crippen molar-refractivity contribution in [1.82, 2.24) is 0 Å². The lowest BCUT2D eigenvalue weighted by Gasteiger charge is -2.19. The summed E-state index contributed by atoms with van der Waals surface area (Å²) in [5.41, 5.74) is 0.223. The minimum absolute atomic E-state index is 0.0245. The van der Waals surface area contributed by atoms with Gasteiger partial charge in [-0.1, -0.05) is 23.2 Å². The molecule has 1 fully saturated rings. The first-order valence-corrected chi connectivity index (χ1v) is 6.22. The summed E-state index contributed by atoms with van der Waals surface area (Å²) >= 11 is 11.8. The first kappa shape index (κ1) is 14.1. The molecule has 0 aliphatic carbocycles. The maximum Gasteiger partial charge on any atom is 0.311 e. The minimum atomic E-state index is -0.588. The highest BCUT2D eigenvalue weighted by Crippen LogP contribution is 2.38. The summed E-state index contributed by atoms with van der Waals surface area (Å²) in [5.74, 6) is -1.92. The number of carbonyl (C=O) groups excluding carboxylic acids is 2. The lowest BCUT2D eigenvalue weighted by atomic mass is 10.1. The van der Waals surface area contributed by atoms with Crippen LogP contribution in [0, 0.1) is 11.7 Å². The Bertz CT molecular complexity index is 527. The van der Waals surface area contributed by atoms with E-state index < -0.39 is 17.7 Å². The average molecular weight is 306 g/mol. The molecule has 1 atom stereocenters. The molecule has 0 aromatic heterocycles. The Morgan fingerprint density at radius 1 is 1.42 bits per heavy atom. The molecular weight excluding hydrogens is 296 g/mol. The molecule has 19 heavy (non-hydrogen) atoms. The quantitative estimate of drug-likeness (QED) is 0.789. The van der Waals surface area contributed by atoms with Crippen LogP contribution >= 0.6 is 23.2 Å². The van der Waals surface area contributed by atoms with E-state index in [0.29, 0.717) is 0 Å². The van der Waals surface area contributed by atoms with E-state index >= 15 is 0 Å². The third-order valence-corrected chi connectivity index (χ3v) is 3.49. The number of halogens is 3. The van der Waals surface area contributed by atoms with Gasteiger partial charge in [0.1, 0.15) is 5.82 Å². The molecule has 102 valence electrons. The van der Waals surface area contributed by atoms with Crippen LogP contribution in [0.5, 0.6) is 0 Å². The van der Waals surface area contributed by atoms with Gasteiger partial charge in [0.15, 0.2) is 0 Å². The first-order chi connectivity index (χ1) is 8.93. The second kappa shape index (κ2) is 5.35. The molecule has 0 saturated carbocycles. The van der Waals surface area contributed by atoms with E-state index in [1.54, 1.807) is 0 Å². The van der Waals surface area contributed by atoms with Gasteiger partial charge in [0.05, 0.1) is 28.8 Å². The van der Waals surface area contributed by atoms with E-state index in [9.17, 15) is 14.0 Å². The topological polar surface area (TPSA) is 46.6 Å². The number of nitrogens with zero attached hydrogens (tertiary/aromatic N) is 1. The van der Waals surface area contributed by atoms with Crippen LogP contribution in [-0.4, -0.2) is 25.5 Å². The van der Waals surface area contributed by atoms with Crippen molar-refractivity contribution in [2.24, 2.45) is 5.92 Å². The summed E-state index contributed by atoms with van der Waals surface area (Å²) in [6.07, 6.45) is 0.0245. The molecular formula is C12H10Cl2FNO3. The molecule has 1 amide bonds. The number of amides is 1. The summed E-state index contributed by atoms with van der Waals surface area (Å²) in [6, 6.07) is 2.14. The molecule has 1 aromatic rings. The normalized spacial score (nSPS) is 18.8. The summed E-state index contributed by atoms with van der Waals surface area (Å²) in [4.78, 5) is 24.6. The van der Waals surface area contributed by atoms with Gasteiger partial charge in [-0.2, -0.15) is 0 Å². The van der Waals surface area contributed by atoms with E-state index in [2.05, 4.69) is 4.74 Å². The maximum atomic E-state index is 13.1. The summed E-state index contributed by atoms with van der Waals surface area (Å²) in [7, 11) is 1.26. The van der Waals surface area contributed by atoms with Crippen molar-refractivity contribution in [2.75, 3.05) is 18.6 Å². The maximum absolute atomic E-state index is 13.1. The molecule has 7 heteroatoms. The fourth-order valence-electron chi connectivity index (χ4n) is 2.04. The number of rotatable bonds is 2. The Morgan fingerprint density at radius 3 is 2.53 bits per heavy atom. The Labute approximate surface area is 119 Å². The average Bonchev–Trinajstić information content (AvgIpc) is 2.69. The van der Waals surface area contributed by atoms with Crippen molar-refractivity contribution >= 4 is 40.8 Å². The molecule has 2 rings (SSSR count). The molecule has 1 aromatic carbocycles. The number of hydrogen-bond donors (Lipinski definition) is 0. The second-order valence-electron chi connectivity index (χ2n) is 4.15. The molecule has 1 unspecified atom stereocenters. The largest absolute Gasteiger partial charge is 0.469 e. The van der Waals surface area contributed by atoms with Crippen molar-refractivity contribution in [3.05, 3.63) is 28.0 Å². The van der Waals surface area contributed by atoms with Crippen LogP contribution in [0.1, 0.15) is 6.42 Å². The van der Waals surface area contributed by atoms with Gasteiger partial charge in [0, 0.05) is 13.0 Å². The molecule has 1 aliphatic heterocycles. The van der Waals surface area contributed by atoms with Crippen molar-refractivity contribution in [3.63, 3.8) is 0 Å². The van der Waals surface area contributed by atoms with Crippen LogP contribution in [0.4, 0.5) is 10.1 Å². The van der Waals surface area contributed by atoms with Gasteiger partial charge in [0.25, 0.3) is 0 Å². The van der Waals surface area contributed by atoms with Crippen LogP contribution in [0.25, 0.3) is 0 Å². The van der Waals surface area contributed by atoms with Gasteiger partial charge in [-0.15, -0.1) is 0 Å². The third kappa shape index (κ3) is 2.67.